The van der Waals surface area contributed by atoms with Crippen LogP contribution in [0.3, 0.4) is 0 Å². The molecule has 3 atom stereocenters. The molecule has 10 heteroatoms. The molecule has 0 unspecified atom stereocenters. The van der Waals surface area contributed by atoms with E-state index >= 15 is 0 Å². The number of amides is 3. The maximum atomic E-state index is 13.0. The molecule has 1 aromatic carbocycles. The van der Waals surface area contributed by atoms with Gasteiger partial charge in [0.2, 0.25) is 11.8 Å². The van der Waals surface area contributed by atoms with E-state index in [0.717, 1.165) is 12.8 Å². The third-order valence-corrected chi connectivity index (χ3v) is 6.53. The number of benzene rings is 1. The summed E-state index contributed by atoms with van der Waals surface area (Å²) in [6.45, 7) is 0.579. The van der Waals surface area contributed by atoms with E-state index in [2.05, 4.69) is 27.0 Å². The van der Waals surface area contributed by atoms with Gasteiger partial charge in [-0.05, 0) is 43.4 Å². The Bertz CT molecular complexity index is 1120. The highest BCUT2D eigenvalue weighted by molar-refractivity contribution is 6.35. The summed E-state index contributed by atoms with van der Waals surface area (Å²) < 4.78 is 5.34. The molecule has 2 aliphatic rings. The third kappa shape index (κ3) is 5.22. The van der Waals surface area contributed by atoms with Crippen LogP contribution in [-0.2, 0) is 9.59 Å². The van der Waals surface area contributed by atoms with E-state index < -0.39 is 23.9 Å². The monoisotopic (exact) mass is 471 g/mol. The Hall–Kier alpha value is -3.25. The summed E-state index contributed by atoms with van der Waals surface area (Å²) in [6, 6.07) is 5.51. The molecule has 9 nitrogen and oxygen atoms in total. The Balaban J connectivity index is 1.47. The van der Waals surface area contributed by atoms with E-state index in [4.69, 9.17) is 16.3 Å². The fourth-order valence-electron chi connectivity index (χ4n) is 4.18. The summed E-state index contributed by atoms with van der Waals surface area (Å²) in [7, 11) is 1.53. The number of hydrogen-bond acceptors (Lipinski definition) is 5. The minimum atomic E-state index is -0.805. The fourth-order valence-corrected chi connectivity index (χ4v) is 4.40. The molecule has 2 aromatic rings. The maximum Gasteiger partial charge on any atom is 0.268 e. The number of hydrogen-bond donors (Lipinski definition) is 4. The average Bonchev–Trinajstić information content (AvgIpc) is 3.34. The number of halogens is 1. The molecule has 1 saturated carbocycles. The highest BCUT2D eigenvalue weighted by Gasteiger charge is 2.33. The van der Waals surface area contributed by atoms with E-state index in [0.29, 0.717) is 47.0 Å². The number of ether oxygens (including phenoxy) is 1. The van der Waals surface area contributed by atoms with Gasteiger partial charge in [0.05, 0.1) is 23.7 Å². The van der Waals surface area contributed by atoms with Crippen LogP contribution in [0.25, 0.3) is 10.9 Å². The molecule has 1 aliphatic carbocycles. The lowest BCUT2D eigenvalue weighted by Crippen LogP contribution is -2.50. The second-order valence-corrected chi connectivity index (χ2v) is 9.04. The van der Waals surface area contributed by atoms with Crippen molar-refractivity contribution in [3.8, 4) is 11.8 Å². The van der Waals surface area contributed by atoms with Gasteiger partial charge in [-0.25, -0.2) is 0 Å². The van der Waals surface area contributed by atoms with Crippen molar-refractivity contribution in [2.24, 2.45) is 11.8 Å². The SMILES string of the molecule is COc1ccc(Cl)c2[nH]c(C(=O)N[C@@H](CC3CC3)C(=O)N[C@H](C#N)C[C@@H]3CCNC3=O)cc12. The van der Waals surface area contributed by atoms with Gasteiger partial charge in [0.15, 0.2) is 0 Å². The Morgan fingerprint density at radius 3 is 2.70 bits per heavy atom. The molecule has 2 heterocycles. The first-order valence-corrected chi connectivity index (χ1v) is 11.4. The van der Waals surface area contributed by atoms with E-state index in [1.165, 1.54) is 7.11 Å². The minimum Gasteiger partial charge on any atom is -0.496 e. The molecule has 1 aromatic heterocycles. The van der Waals surface area contributed by atoms with E-state index in [9.17, 15) is 19.6 Å². The molecule has 0 bridgehead atoms. The van der Waals surface area contributed by atoms with Crippen LogP contribution in [0.4, 0.5) is 0 Å². The van der Waals surface area contributed by atoms with Gasteiger partial charge in [-0.3, -0.25) is 14.4 Å². The summed E-state index contributed by atoms with van der Waals surface area (Å²) in [5.74, 6) is -0.331. The fraction of sp³-hybridized carbons (Fsp3) is 0.478. The van der Waals surface area contributed by atoms with E-state index in [1.807, 2.05) is 0 Å². The van der Waals surface area contributed by atoms with Crippen molar-refractivity contribution in [3.63, 3.8) is 0 Å². The first-order valence-electron chi connectivity index (χ1n) is 11.0. The van der Waals surface area contributed by atoms with Crippen LogP contribution in [0.2, 0.25) is 5.02 Å². The number of carbonyl (C=O) groups is 3. The standard InChI is InChI=1S/C23H26ClN5O4/c1-33-19-5-4-16(24)20-15(19)10-18(28-20)23(32)29-17(8-12-2-3-12)22(31)27-14(11-25)9-13-6-7-26-21(13)30/h4-5,10,12-14,17,28H,2-3,6-9H2,1H3,(H,26,30)(H,27,31)(H,29,32)/t13-,14-,17-/m0/s1. The van der Waals surface area contributed by atoms with Crippen LogP contribution in [0.5, 0.6) is 5.75 Å². The molecule has 4 rings (SSSR count). The van der Waals surface area contributed by atoms with Crippen molar-refractivity contribution in [3.05, 3.63) is 28.9 Å². The summed E-state index contributed by atoms with van der Waals surface area (Å²) >= 11 is 6.25. The molecule has 0 spiro atoms. The first kappa shape index (κ1) is 22.9. The summed E-state index contributed by atoms with van der Waals surface area (Å²) in [5.41, 5.74) is 0.827. The number of carbonyl (C=O) groups excluding carboxylic acids is 3. The molecule has 1 saturated heterocycles. The van der Waals surface area contributed by atoms with E-state index in [-0.39, 0.29) is 23.9 Å². The number of fused-ring (bicyclic) bond motifs is 1. The molecular weight excluding hydrogens is 446 g/mol. The smallest absolute Gasteiger partial charge is 0.268 e. The normalized spacial score (nSPS) is 19.4. The topological polar surface area (TPSA) is 136 Å². The second-order valence-electron chi connectivity index (χ2n) is 8.63. The largest absolute Gasteiger partial charge is 0.496 e. The van der Waals surface area contributed by atoms with Gasteiger partial charge in [-0.2, -0.15) is 5.26 Å². The van der Waals surface area contributed by atoms with Crippen molar-refractivity contribution in [1.29, 1.82) is 5.26 Å². The zero-order chi connectivity index (χ0) is 23.5. The van der Waals surface area contributed by atoms with Crippen molar-refractivity contribution >= 4 is 40.2 Å². The Morgan fingerprint density at radius 2 is 2.06 bits per heavy atom. The van der Waals surface area contributed by atoms with E-state index in [1.54, 1.807) is 18.2 Å². The van der Waals surface area contributed by atoms with Crippen molar-refractivity contribution in [2.45, 2.75) is 44.2 Å². The summed E-state index contributed by atoms with van der Waals surface area (Å²) in [6.07, 6.45) is 3.38. The predicted molar refractivity (Wildman–Crippen MR) is 122 cm³/mol. The quantitative estimate of drug-likeness (QED) is 0.444. The lowest BCUT2D eigenvalue weighted by molar-refractivity contribution is -0.125. The lowest BCUT2D eigenvalue weighted by atomic mass is 9.98. The Kier molecular flexibility index (Phi) is 6.75. The Morgan fingerprint density at radius 1 is 1.27 bits per heavy atom. The van der Waals surface area contributed by atoms with Gasteiger partial charge >= 0.3 is 0 Å². The van der Waals surface area contributed by atoms with Crippen LogP contribution in [0.1, 0.15) is 42.6 Å². The second kappa shape index (κ2) is 9.71. The zero-order valence-electron chi connectivity index (χ0n) is 18.2. The van der Waals surface area contributed by atoms with Crippen molar-refractivity contribution in [2.75, 3.05) is 13.7 Å². The third-order valence-electron chi connectivity index (χ3n) is 6.21. The Labute approximate surface area is 196 Å². The summed E-state index contributed by atoms with van der Waals surface area (Å²) in [4.78, 5) is 40.8. The van der Waals surface area contributed by atoms with Gasteiger partial charge in [0.1, 0.15) is 23.5 Å². The number of aromatic nitrogens is 1. The molecule has 1 aliphatic heterocycles. The van der Waals surface area contributed by atoms with Crippen molar-refractivity contribution < 1.29 is 19.1 Å². The van der Waals surface area contributed by atoms with Gasteiger partial charge in [0.25, 0.3) is 5.91 Å². The first-order chi connectivity index (χ1) is 15.9. The number of nitrogens with zero attached hydrogens (tertiary/aromatic N) is 1. The molecule has 4 N–H and O–H groups in total. The zero-order valence-corrected chi connectivity index (χ0v) is 19.0. The van der Waals surface area contributed by atoms with Crippen LogP contribution in [0.15, 0.2) is 18.2 Å². The van der Waals surface area contributed by atoms with Gasteiger partial charge < -0.3 is 25.7 Å². The highest BCUT2D eigenvalue weighted by atomic mass is 35.5. The molecule has 0 radical (unpaired) electrons. The number of H-pyrrole nitrogens is 1. The number of nitriles is 1. The number of nitrogens with one attached hydrogen (secondary N) is 4. The molecular formula is C23H26ClN5O4. The molecule has 2 fully saturated rings. The molecule has 3 amide bonds. The average molecular weight is 472 g/mol. The van der Waals surface area contributed by atoms with Crippen LogP contribution < -0.4 is 20.7 Å². The number of rotatable bonds is 9. The highest BCUT2D eigenvalue weighted by Crippen LogP contribution is 2.34. The maximum absolute atomic E-state index is 13.0. The van der Waals surface area contributed by atoms with Gasteiger partial charge in [-0.15, -0.1) is 0 Å². The minimum absolute atomic E-state index is 0.0970. The van der Waals surface area contributed by atoms with Crippen LogP contribution >= 0.6 is 11.6 Å². The lowest BCUT2D eigenvalue weighted by Gasteiger charge is -2.21. The summed E-state index contributed by atoms with van der Waals surface area (Å²) in [5, 5.41) is 18.9. The van der Waals surface area contributed by atoms with Gasteiger partial charge in [-0.1, -0.05) is 24.4 Å². The molecule has 174 valence electrons. The predicted octanol–water partition coefficient (Wildman–Crippen LogP) is 2.26. The number of methoxy groups -OCH3 is 1. The van der Waals surface area contributed by atoms with Crippen molar-refractivity contribution in [1.82, 2.24) is 20.9 Å². The number of aromatic amines is 1. The molecule has 33 heavy (non-hydrogen) atoms. The van der Waals surface area contributed by atoms with Crippen LogP contribution in [0, 0.1) is 23.2 Å². The van der Waals surface area contributed by atoms with Crippen LogP contribution in [-0.4, -0.2) is 48.4 Å². The van der Waals surface area contributed by atoms with Gasteiger partial charge in [0, 0.05) is 17.8 Å².